The number of aromatic nitrogens is 2. The molecule has 1 N–H and O–H groups in total. The molecule has 1 aromatic heterocycles. The molecule has 1 atom stereocenters. The Hall–Kier alpha value is -2.63. The van der Waals surface area contributed by atoms with E-state index in [-0.39, 0.29) is 11.9 Å². The van der Waals surface area contributed by atoms with E-state index < -0.39 is 0 Å². The fraction of sp³-hybridized carbons (Fsp3) is 0.389. The van der Waals surface area contributed by atoms with Gasteiger partial charge < -0.3 is 15.0 Å². The molecule has 2 amide bonds. The molecule has 2 heterocycles. The van der Waals surface area contributed by atoms with Crippen LogP contribution < -0.4 is 10.1 Å². The van der Waals surface area contributed by atoms with E-state index in [0.717, 1.165) is 30.8 Å². The Kier molecular flexibility index (Phi) is 5.25. The highest BCUT2D eigenvalue weighted by atomic mass is 16.5. The van der Waals surface area contributed by atoms with Crippen LogP contribution in [0.15, 0.2) is 42.9 Å². The molecule has 0 saturated carbocycles. The van der Waals surface area contributed by atoms with Gasteiger partial charge in [0.15, 0.2) is 0 Å². The first-order chi connectivity index (χ1) is 11.8. The molecule has 2 aromatic rings. The summed E-state index contributed by atoms with van der Waals surface area (Å²) in [6.45, 7) is 2.08. The molecule has 0 aliphatic carbocycles. The highest BCUT2D eigenvalue weighted by molar-refractivity contribution is 5.74. The molecule has 0 spiro atoms. The number of likely N-dealkylation sites (tertiary alicyclic amines) is 1. The third kappa shape index (κ3) is 4.01. The number of methoxy groups -OCH3 is 1. The number of carbonyl (C=O) groups excluding carboxylic acids is 1. The minimum Gasteiger partial charge on any atom is -0.497 e. The van der Waals surface area contributed by atoms with E-state index in [1.54, 1.807) is 25.7 Å². The third-order valence-corrected chi connectivity index (χ3v) is 4.33. The van der Waals surface area contributed by atoms with Crippen LogP contribution >= 0.6 is 0 Å². The van der Waals surface area contributed by atoms with E-state index in [9.17, 15) is 4.79 Å². The molecule has 3 rings (SSSR count). The van der Waals surface area contributed by atoms with Gasteiger partial charge in [0.2, 0.25) is 0 Å². The average Bonchev–Trinajstić information content (AvgIpc) is 3.13. The molecular weight excluding hydrogens is 304 g/mol. The van der Waals surface area contributed by atoms with Crippen LogP contribution in [0.3, 0.4) is 0 Å². The third-order valence-electron chi connectivity index (χ3n) is 4.33. The summed E-state index contributed by atoms with van der Waals surface area (Å²) >= 11 is 0. The van der Waals surface area contributed by atoms with Gasteiger partial charge in [-0.05, 0) is 30.5 Å². The molecule has 1 aliphatic heterocycles. The fourth-order valence-electron chi connectivity index (χ4n) is 2.93. The second kappa shape index (κ2) is 7.77. The summed E-state index contributed by atoms with van der Waals surface area (Å²) < 4.78 is 5.14. The predicted octanol–water partition coefficient (Wildman–Crippen LogP) is 2.23. The summed E-state index contributed by atoms with van der Waals surface area (Å²) in [6, 6.07) is 7.90. The first kappa shape index (κ1) is 16.2. The van der Waals surface area contributed by atoms with Gasteiger partial charge in [-0.3, -0.25) is 9.97 Å². The predicted molar refractivity (Wildman–Crippen MR) is 91.1 cm³/mol. The maximum atomic E-state index is 12.3. The number of carbonyl (C=O) groups is 1. The molecule has 1 unspecified atom stereocenters. The van der Waals surface area contributed by atoms with Gasteiger partial charge in [0.25, 0.3) is 0 Å². The summed E-state index contributed by atoms with van der Waals surface area (Å²) in [5.74, 6) is 1.13. The van der Waals surface area contributed by atoms with Gasteiger partial charge in [-0.2, -0.15) is 0 Å². The van der Waals surface area contributed by atoms with Crippen LogP contribution in [0.25, 0.3) is 0 Å². The Balaban J connectivity index is 1.44. The molecule has 1 fully saturated rings. The zero-order valence-electron chi connectivity index (χ0n) is 13.8. The van der Waals surface area contributed by atoms with Crippen molar-refractivity contribution in [3.63, 3.8) is 0 Å². The van der Waals surface area contributed by atoms with E-state index in [1.165, 1.54) is 5.56 Å². The number of urea groups is 1. The lowest BCUT2D eigenvalue weighted by atomic mass is 10.1. The van der Waals surface area contributed by atoms with Gasteiger partial charge in [-0.1, -0.05) is 12.1 Å². The van der Waals surface area contributed by atoms with Crippen molar-refractivity contribution < 1.29 is 9.53 Å². The maximum absolute atomic E-state index is 12.3. The highest BCUT2D eigenvalue weighted by Crippen LogP contribution is 2.24. The molecule has 1 aliphatic rings. The van der Waals surface area contributed by atoms with Gasteiger partial charge in [0, 0.05) is 44.1 Å². The van der Waals surface area contributed by atoms with Gasteiger partial charge in [-0.25, -0.2) is 4.79 Å². The zero-order valence-corrected chi connectivity index (χ0v) is 13.8. The molecule has 1 saturated heterocycles. The second-order valence-electron chi connectivity index (χ2n) is 5.89. The minimum atomic E-state index is -0.00472. The molecule has 6 heteroatoms. The lowest BCUT2D eigenvalue weighted by Crippen LogP contribution is -2.39. The highest BCUT2D eigenvalue weighted by Gasteiger charge is 2.27. The van der Waals surface area contributed by atoms with Crippen LogP contribution in [0, 0.1) is 0 Å². The number of nitrogens with zero attached hydrogens (tertiary/aromatic N) is 3. The van der Waals surface area contributed by atoms with E-state index in [0.29, 0.717) is 13.1 Å². The van der Waals surface area contributed by atoms with Gasteiger partial charge >= 0.3 is 6.03 Å². The van der Waals surface area contributed by atoms with E-state index in [4.69, 9.17) is 4.74 Å². The first-order valence-corrected chi connectivity index (χ1v) is 8.18. The van der Waals surface area contributed by atoms with Crippen molar-refractivity contribution in [1.82, 2.24) is 20.2 Å². The van der Waals surface area contributed by atoms with Crippen molar-refractivity contribution in [2.45, 2.75) is 18.8 Å². The Morgan fingerprint density at radius 2 is 2.17 bits per heavy atom. The van der Waals surface area contributed by atoms with Crippen molar-refractivity contribution in [3.05, 3.63) is 54.1 Å². The summed E-state index contributed by atoms with van der Waals surface area (Å²) in [4.78, 5) is 22.6. The molecule has 0 bridgehead atoms. The number of nitrogens with one attached hydrogen (secondary N) is 1. The van der Waals surface area contributed by atoms with Crippen LogP contribution in [-0.4, -0.2) is 47.6 Å². The van der Waals surface area contributed by atoms with Gasteiger partial charge in [0.05, 0.1) is 12.8 Å². The Bertz CT molecular complexity index is 660. The number of rotatable bonds is 5. The van der Waals surface area contributed by atoms with E-state index in [1.807, 2.05) is 29.2 Å². The summed E-state index contributed by atoms with van der Waals surface area (Å²) in [5, 5.41) is 2.99. The first-order valence-electron chi connectivity index (χ1n) is 8.18. The maximum Gasteiger partial charge on any atom is 0.317 e. The van der Waals surface area contributed by atoms with Crippen LogP contribution in [0.1, 0.15) is 23.6 Å². The van der Waals surface area contributed by atoms with Crippen LogP contribution in [-0.2, 0) is 6.42 Å². The van der Waals surface area contributed by atoms with E-state index in [2.05, 4.69) is 15.3 Å². The lowest BCUT2D eigenvalue weighted by Gasteiger charge is -2.17. The summed E-state index contributed by atoms with van der Waals surface area (Å²) in [6.07, 6.45) is 6.90. The standard InChI is InChI=1S/C18H22N4O2/c1-24-16-4-2-14(3-5-16)6-8-21-18(23)22-11-7-15(13-22)17-12-19-9-10-20-17/h2-5,9-10,12,15H,6-8,11,13H2,1H3,(H,21,23). The Morgan fingerprint density at radius 1 is 1.33 bits per heavy atom. The van der Waals surface area contributed by atoms with Crippen molar-refractivity contribution >= 4 is 6.03 Å². The zero-order chi connectivity index (χ0) is 16.8. The number of hydrogen-bond donors (Lipinski definition) is 1. The van der Waals surface area contributed by atoms with Crippen LogP contribution in [0.5, 0.6) is 5.75 Å². The van der Waals surface area contributed by atoms with E-state index >= 15 is 0 Å². The van der Waals surface area contributed by atoms with Crippen molar-refractivity contribution in [3.8, 4) is 5.75 Å². The SMILES string of the molecule is COc1ccc(CCNC(=O)N2CCC(c3cnccn3)C2)cc1. The molecule has 1 aromatic carbocycles. The smallest absolute Gasteiger partial charge is 0.317 e. The monoisotopic (exact) mass is 326 g/mol. The lowest BCUT2D eigenvalue weighted by molar-refractivity contribution is 0.208. The number of benzene rings is 1. The molecule has 126 valence electrons. The van der Waals surface area contributed by atoms with Gasteiger partial charge in [0.1, 0.15) is 5.75 Å². The Labute approximate surface area is 141 Å². The molecule has 0 radical (unpaired) electrons. The largest absolute Gasteiger partial charge is 0.497 e. The van der Waals surface area contributed by atoms with Crippen LogP contribution in [0.4, 0.5) is 4.79 Å². The summed E-state index contributed by atoms with van der Waals surface area (Å²) in [5.41, 5.74) is 2.14. The topological polar surface area (TPSA) is 67.3 Å². The molecular formula is C18H22N4O2. The quantitative estimate of drug-likeness (QED) is 0.915. The normalized spacial score (nSPS) is 16.9. The van der Waals surface area contributed by atoms with Crippen molar-refractivity contribution in [2.24, 2.45) is 0 Å². The summed E-state index contributed by atoms with van der Waals surface area (Å²) in [7, 11) is 1.65. The fourth-order valence-corrected chi connectivity index (χ4v) is 2.93. The number of ether oxygens (including phenoxy) is 1. The number of hydrogen-bond acceptors (Lipinski definition) is 4. The molecule has 24 heavy (non-hydrogen) atoms. The van der Waals surface area contributed by atoms with Crippen molar-refractivity contribution in [2.75, 3.05) is 26.7 Å². The van der Waals surface area contributed by atoms with Crippen LogP contribution in [0.2, 0.25) is 0 Å². The Morgan fingerprint density at radius 3 is 2.88 bits per heavy atom. The average molecular weight is 326 g/mol. The number of amides is 2. The van der Waals surface area contributed by atoms with Gasteiger partial charge in [-0.15, -0.1) is 0 Å². The minimum absolute atomic E-state index is 0.00472. The second-order valence-corrected chi connectivity index (χ2v) is 5.89. The van der Waals surface area contributed by atoms with Crippen molar-refractivity contribution in [1.29, 1.82) is 0 Å². The molecule has 6 nitrogen and oxygen atoms in total.